The number of hydrogen-bond donors (Lipinski definition) is 3. The highest BCUT2D eigenvalue weighted by molar-refractivity contribution is 5.83. The second-order valence-corrected chi connectivity index (χ2v) is 5.23. The molecule has 1 aliphatic rings. The van der Waals surface area contributed by atoms with Crippen LogP contribution in [0.5, 0.6) is 5.75 Å². The highest BCUT2D eigenvalue weighted by atomic mass is 16.7. The zero-order valence-electron chi connectivity index (χ0n) is 11.4. The second-order valence-electron chi connectivity index (χ2n) is 5.23. The van der Waals surface area contributed by atoms with E-state index in [0.29, 0.717) is 5.75 Å². The van der Waals surface area contributed by atoms with Crippen LogP contribution in [0.3, 0.4) is 0 Å². The van der Waals surface area contributed by atoms with Crippen LogP contribution < -0.4 is 4.74 Å². The van der Waals surface area contributed by atoms with Gasteiger partial charge in [0.25, 0.3) is 0 Å². The zero-order valence-corrected chi connectivity index (χ0v) is 11.4. The van der Waals surface area contributed by atoms with Crippen molar-refractivity contribution in [1.29, 1.82) is 0 Å². The topological polar surface area (TPSA) is 79.2 Å². The van der Waals surface area contributed by atoms with E-state index in [4.69, 9.17) is 14.6 Å². The fourth-order valence-corrected chi connectivity index (χ4v) is 2.51. The maximum absolute atomic E-state index is 9.94. The summed E-state index contributed by atoms with van der Waals surface area (Å²) >= 11 is 0. The van der Waals surface area contributed by atoms with E-state index in [2.05, 4.69) is 0 Å². The molecule has 0 bridgehead atoms. The molecule has 2 aromatic carbocycles. The van der Waals surface area contributed by atoms with Crippen molar-refractivity contribution >= 4 is 10.8 Å². The molecule has 1 heterocycles. The van der Waals surface area contributed by atoms with Gasteiger partial charge in [0.15, 0.2) is 0 Å². The minimum Gasteiger partial charge on any atom is -0.462 e. The number of hydrogen-bond acceptors (Lipinski definition) is 5. The largest absolute Gasteiger partial charge is 0.462 e. The fourth-order valence-electron chi connectivity index (χ4n) is 2.51. The van der Waals surface area contributed by atoms with Crippen LogP contribution in [-0.2, 0) is 4.74 Å². The monoisotopic (exact) mass is 290 g/mol. The van der Waals surface area contributed by atoms with E-state index in [0.717, 1.165) is 10.8 Å². The van der Waals surface area contributed by atoms with Crippen LogP contribution >= 0.6 is 0 Å². The van der Waals surface area contributed by atoms with Crippen LogP contribution in [0.1, 0.15) is 6.42 Å². The summed E-state index contributed by atoms with van der Waals surface area (Å²) in [6.07, 6.45) is -3.45. The summed E-state index contributed by atoms with van der Waals surface area (Å²) < 4.78 is 11.1. The van der Waals surface area contributed by atoms with Crippen LogP contribution in [0.2, 0.25) is 0 Å². The average molecular weight is 290 g/mol. The van der Waals surface area contributed by atoms with Gasteiger partial charge in [-0.3, -0.25) is 0 Å². The third kappa shape index (κ3) is 3.01. The van der Waals surface area contributed by atoms with E-state index in [1.807, 2.05) is 36.4 Å². The summed E-state index contributed by atoms with van der Waals surface area (Å²) in [5.41, 5.74) is 0. The molecule has 1 aliphatic heterocycles. The molecule has 0 radical (unpaired) electrons. The van der Waals surface area contributed by atoms with Gasteiger partial charge in [-0.2, -0.15) is 0 Å². The first kappa shape index (κ1) is 14.3. The molecule has 0 aromatic heterocycles. The van der Waals surface area contributed by atoms with Crippen molar-refractivity contribution < 1.29 is 24.8 Å². The van der Waals surface area contributed by atoms with Crippen molar-refractivity contribution in [2.45, 2.75) is 31.0 Å². The van der Waals surface area contributed by atoms with Crippen molar-refractivity contribution in [3.63, 3.8) is 0 Å². The summed E-state index contributed by atoms with van der Waals surface area (Å²) in [4.78, 5) is 0. The van der Waals surface area contributed by atoms with Crippen molar-refractivity contribution in [2.75, 3.05) is 6.61 Å². The Morgan fingerprint density at radius 1 is 1.10 bits per heavy atom. The lowest BCUT2D eigenvalue weighted by Crippen LogP contribution is -2.51. The van der Waals surface area contributed by atoms with Crippen molar-refractivity contribution in [2.24, 2.45) is 0 Å². The Morgan fingerprint density at radius 3 is 2.62 bits per heavy atom. The molecule has 4 atom stereocenters. The second kappa shape index (κ2) is 5.99. The minimum absolute atomic E-state index is 0.190. The molecule has 0 spiro atoms. The van der Waals surface area contributed by atoms with Gasteiger partial charge in [-0.25, -0.2) is 0 Å². The number of fused-ring (bicyclic) bond motifs is 1. The predicted molar refractivity (Wildman–Crippen MR) is 77.0 cm³/mol. The Labute approximate surface area is 122 Å². The summed E-state index contributed by atoms with van der Waals surface area (Å²) in [7, 11) is 0. The molecule has 0 saturated carbocycles. The number of benzene rings is 2. The average Bonchev–Trinajstić information content (AvgIpc) is 2.51. The molecule has 3 N–H and O–H groups in total. The molecule has 5 nitrogen and oxygen atoms in total. The number of rotatable bonds is 3. The normalized spacial score (nSPS) is 29.5. The van der Waals surface area contributed by atoms with Gasteiger partial charge in [-0.15, -0.1) is 0 Å². The van der Waals surface area contributed by atoms with Gasteiger partial charge in [0.05, 0.1) is 18.8 Å². The van der Waals surface area contributed by atoms with E-state index < -0.39 is 24.6 Å². The third-order valence-corrected chi connectivity index (χ3v) is 3.68. The lowest BCUT2D eigenvalue weighted by atomic mass is 10.0. The van der Waals surface area contributed by atoms with Crippen LogP contribution in [0, 0.1) is 0 Å². The van der Waals surface area contributed by atoms with Crippen molar-refractivity contribution in [3.8, 4) is 5.75 Å². The van der Waals surface area contributed by atoms with E-state index in [9.17, 15) is 10.2 Å². The summed E-state index contributed by atoms with van der Waals surface area (Å²) in [5.74, 6) is 0.545. The highest BCUT2D eigenvalue weighted by Gasteiger charge is 2.38. The third-order valence-electron chi connectivity index (χ3n) is 3.68. The van der Waals surface area contributed by atoms with Crippen LogP contribution in [0.15, 0.2) is 42.5 Å². The van der Waals surface area contributed by atoms with Gasteiger partial charge in [0.2, 0.25) is 6.29 Å². The molecule has 3 rings (SSSR count). The Hall–Kier alpha value is -1.66. The standard InChI is InChI=1S/C16H18O5/c17-9-13-8-14(18)15(19)16(21-13)20-12-6-5-10-3-1-2-4-11(10)7-12/h1-7,13-19H,8-9H2/t13-,14-,15-,16+/m0/s1. The van der Waals surface area contributed by atoms with E-state index in [1.165, 1.54) is 0 Å². The quantitative estimate of drug-likeness (QED) is 0.787. The van der Waals surface area contributed by atoms with Gasteiger partial charge in [-0.1, -0.05) is 30.3 Å². The number of ether oxygens (including phenoxy) is 2. The Balaban J connectivity index is 1.79. The Morgan fingerprint density at radius 2 is 1.86 bits per heavy atom. The first-order valence-electron chi connectivity index (χ1n) is 6.95. The smallest absolute Gasteiger partial charge is 0.229 e. The van der Waals surface area contributed by atoms with Gasteiger partial charge < -0.3 is 24.8 Å². The molecule has 112 valence electrons. The maximum Gasteiger partial charge on any atom is 0.229 e. The summed E-state index contributed by atoms with van der Waals surface area (Å²) in [6.45, 7) is -0.221. The first-order chi connectivity index (χ1) is 10.2. The van der Waals surface area contributed by atoms with Crippen molar-refractivity contribution in [1.82, 2.24) is 0 Å². The molecule has 2 aromatic rings. The van der Waals surface area contributed by atoms with Crippen LogP contribution in [0.4, 0.5) is 0 Å². The van der Waals surface area contributed by atoms with Crippen LogP contribution in [-0.4, -0.2) is 46.5 Å². The Kier molecular flexibility index (Phi) is 4.07. The SMILES string of the molecule is OC[C@@H]1C[C@H](O)[C@H](O)[C@H](Oc2ccc3ccccc3c2)O1. The molecule has 0 unspecified atom stereocenters. The van der Waals surface area contributed by atoms with Gasteiger partial charge >= 0.3 is 0 Å². The molecular weight excluding hydrogens is 272 g/mol. The maximum atomic E-state index is 9.94. The van der Waals surface area contributed by atoms with Gasteiger partial charge in [0.1, 0.15) is 11.9 Å². The molecule has 1 fully saturated rings. The minimum atomic E-state index is -1.14. The lowest BCUT2D eigenvalue weighted by Gasteiger charge is -2.36. The lowest BCUT2D eigenvalue weighted by molar-refractivity contribution is -0.240. The van der Waals surface area contributed by atoms with E-state index in [-0.39, 0.29) is 13.0 Å². The molecular formula is C16H18O5. The summed E-state index contributed by atoms with van der Waals surface area (Å²) in [6, 6.07) is 13.4. The van der Waals surface area contributed by atoms with E-state index in [1.54, 1.807) is 6.07 Å². The predicted octanol–water partition coefficient (Wildman–Crippen LogP) is 1.05. The van der Waals surface area contributed by atoms with E-state index >= 15 is 0 Å². The van der Waals surface area contributed by atoms with Crippen LogP contribution in [0.25, 0.3) is 10.8 Å². The summed E-state index contributed by atoms with van der Waals surface area (Å²) in [5, 5.41) is 31.0. The Bertz CT molecular complexity index is 614. The van der Waals surface area contributed by atoms with Gasteiger partial charge in [0, 0.05) is 6.42 Å². The molecule has 1 saturated heterocycles. The zero-order chi connectivity index (χ0) is 14.8. The molecule has 21 heavy (non-hydrogen) atoms. The molecule has 5 heteroatoms. The first-order valence-corrected chi connectivity index (χ1v) is 6.95. The van der Waals surface area contributed by atoms with Crippen molar-refractivity contribution in [3.05, 3.63) is 42.5 Å². The fraction of sp³-hybridized carbons (Fsp3) is 0.375. The molecule has 0 aliphatic carbocycles. The molecule has 0 amide bonds. The van der Waals surface area contributed by atoms with Gasteiger partial charge in [-0.05, 0) is 22.9 Å². The highest BCUT2D eigenvalue weighted by Crippen LogP contribution is 2.26. The number of aliphatic hydroxyl groups is 3. The number of aliphatic hydroxyl groups excluding tert-OH is 3.